The van der Waals surface area contributed by atoms with Gasteiger partial charge in [0.2, 0.25) is 5.91 Å². The average Bonchev–Trinajstić information content (AvgIpc) is 2.54. The number of anilines is 1. The fourth-order valence-electron chi connectivity index (χ4n) is 2.60. The van der Waals surface area contributed by atoms with Crippen molar-refractivity contribution in [1.82, 2.24) is 0 Å². The van der Waals surface area contributed by atoms with Gasteiger partial charge in [0, 0.05) is 10.9 Å². The van der Waals surface area contributed by atoms with Crippen molar-refractivity contribution in [2.24, 2.45) is 0 Å². The summed E-state index contributed by atoms with van der Waals surface area (Å²) in [5.41, 5.74) is 5.67. The van der Waals surface area contributed by atoms with E-state index in [1.807, 2.05) is 31.2 Å². The van der Waals surface area contributed by atoms with E-state index in [2.05, 4.69) is 41.2 Å². The molecule has 1 N–H and O–H groups in total. The zero-order valence-electron chi connectivity index (χ0n) is 14.7. The molecule has 24 heavy (non-hydrogen) atoms. The number of methoxy groups -OCH3 is 1. The lowest BCUT2D eigenvalue weighted by atomic mass is 10.0. The van der Waals surface area contributed by atoms with E-state index < -0.39 is 0 Å². The van der Waals surface area contributed by atoms with Crippen LogP contribution in [0.15, 0.2) is 34.8 Å². The highest BCUT2D eigenvalue weighted by atomic mass is 79.9. The molecule has 0 heterocycles. The summed E-state index contributed by atoms with van der Waals surface area (Å²) in [4.78, 5) is 12.2. The molecule has 1 amide bonds. The summed E-state index contributed by atoms with van der Waals surface area (Å²) in [6.45, 7) is 6.18. The van der Waals surface area contributed by atoms with Crippen molar-refractivity contribution in [3.8, 4) is 5.75 Å². The van der Waals surface area contributed by atoms with E-state index in [0.717, 1.165) is 28.8 Å². The van der Waals surface area contributed by atoms with E-state index in [9.17, 15) is 4.79 Å². The first-order valence-corrected chi connectivity index (χ1v) is 8.90. The molecule has 0 unspecified atom stereocenters. The van der Waals surface area contributed by atoms with E-state index in [4.69, 9.17) is 4.74 Å². The van der Waals surface area contributed by atoms with Crippen LogP contribution in [0.3, 0.4) is 0 Å². The predicted molar refractivity (Wildman–Crippen MR) is 103 cm³/mol. The third kappa shape index (κ3) is 4.84. The summed E-state index contributed by atoms with van der Waals surface area (Å²) < 4.78 is 6.14. The maximum absolute atomic E-state index is 12.2. The smallest absolute Gasteiger partial charge is 0.224 e. The summed E-state index contributed by atoms with van der Waals surface area (Å²) in [5.74, 6) is 0.915. The Morgan fingerprint density at radius 1 is 1.08 bits per heavy atom. The van der Waals surface area contributed by atoms with E-state index in [1.165, 1.54) is 22.3 Å². The molecule has 0 aliphatic carbocycles. The van der Waals surface area contributed by atoms with Gasteiger partial charge in [0.25, 0.3) is 0 Å². The lowest BCUT2D eigenvalue weighted by molar-refractivity contribution is -0.116. The van der Waals surface area contributed by atoms with Crippen molar-refractivity contribution in [2.45, 2.75) is 40.0 Å². The molecule has 128 valence electrons. The van der Waals surface area contributed by atoms with E-state index in [0.29, 0.717) is 6.42 Å². The maximum atomic E-state index is 12.2. The van der Waals surface area contributed by atoms with Gasteiger partial charge < -0.3 is 10.1 Å². The summed E-state index contributed by atoms with van der Waals surface area (Å²) in [5, 5.41) is 2.99. The SMILES string of the molecule is COc1ccc(CCCC(=O)Nc2cc(C)c(C)cc2Br)c(C)c1. The summed E-state index contributed by atoms with van der Waals surface area (Å²) in [6, 6.07) is 10.1. The number of carbonyl (C=O) groups is 1. The Hall–Kier alpha value is -1.81. The van der Waals surface area contributed by atoms with Crippen LogP contribution >= 0.6 is 15.9 Å². The van der Waals surface area contributed by atoms with Gasteiger partial charge in [-0.1, -0.05) is 6.07 Å². The Bertz CT molecular complexity index is 741. The third-order valence-corrected chi connectivity index (χ3v) is 4.91. The molecule has 0 saturated heterocycles. The average molecular weight is 390 g/mol. The Morgan fingerprint density at radius 2 is 1.79 bits per heavy atom. The van der Waals surface area contributed by atoms with Gasteiger partial charge >= 0.3 is 0 Å². The largest absolute Gasteiger partial charge is 0.497 e. The number of hydrogen-bond donors (Lipinski definition) is 1. The van der Waals surface area contributed by atoms with E-state index >= 15 is 0 Å². The molecule has 0 radical (unpaired) electrons. The molecular formula is C20H24BrNO2. The Kier molecular flexibility index (Phi) is 6.44. The van der Waals surface area contributed by atoms with E-state index in [-0.39, 0.29) is 5.91 Å². The van der Waals surface area contributed by atoms with Gasteiger partial charge in [0.1, 0.15) is 5.75 Å². The van der Waals surface area contributed by atoms with Gasteiger partial charge in [0.05, 0.1) is 12.8 Å². The molecule has 2 rings (SSSR count). The van der Waals surface area contributed by atoms with Crippen LogP contribution < -0.4 is 10.1 Å². The number of aryl methyl sites for hydroxylation is 4. The highest BCUT2D eigenvalue weighted by Gasteiger charge is 2.08. The normalized spacial score (nSPS) is 10.5. The van der Waals surface area contributed by atoms with Crippen molar-refractivity contribution >= 4 is 27.5 Å². The van der Waals surface area contributed by atoms with Gasteiger partial charge in [0.15, 0.2) is 0 Å². The van der Waals surface area contributed by atoms with Crippen LogP contribution in [-0.2, 0) is 11.2 Å². The first-order valence-electron chi connectivity index (χ1n) is 8.11. The second kappa shape index (κ2) is 8.34. The number of amides is 1. The minimum atomic E-state index is 0.0464. The van der Waals surface area contributed by atoms with Gasteiger partial charge in [-0.3, -0.25) is 4.79 Å². The molecule has 3 nitrogen and oxygen atoms in total. The Morgan fingerprint density at radius 3 is 2.46 bits per heavy atom. The van der Waals surface area contributed by atoms with E-state index in [1.54, 1.807) is 7.11 Å². The van der Waals surface area contributed by atoms with Crippen LogP contribution in [0.5, 0.6) is 5.75 Å². The molecule has 0 aliphatic heterocycles. The molecule has 0 bridgehead atoms. The van der Waals surface area contributed by atoms with Crippen LogP contribution in [0, 0.1) is 20.8 Å². The van der Waals surface area contributed by atoms with Gasteiger partial charge in [-0.2, -0.15) is 0 Å². The molecule has 0 saturated carbocycles. The van der Waals surface area contributed by atoms with Crippen molar-refractivity contribution in [3.05, 3.63) is 57.1 Å². The molecule has 0 atom stereocenters. The fraction of sp³-hybridized carbons (Fsp3) is 0.350. The quantitative estimate of drug-likeness (QED) is 0.723. The van der Waals surface area contributed by atoms with Crippen molar-refractivity contribution < 1.29 is 9.53 Å². The molecular weight excluding hydrogens is 366 g/mol. The first kappa shape index (κ1) is 18.5. The monoisotopic (exact) mass is 389 g/mol. The number of rotatable bonds is 6. The van der Waals surface area contributed by atoms with Crippen LogP contribution in [0.25, 0.3) is 0 Å². The zero-order chi connectivity index (χ0) is 17.7. The van der Waals surface area contributed by atoms with Crippen molar-refractivity contribution in [2.75, 3.05) is 12.4 Å². The molecule has 4 heteroatoms. The highest BCUT2D eigenvalue weighted by Crippen LogP contribution is 2.26. The second-order valence-corrected chi connectivity index (χ2v) is 6.96. The molecule has 0 spiro atoms. The topological polar surface area (TPSA) is 38.3 Å². The van der Waals surface area contributed by atoms with Crippen LogP contribution in [-0.4, -0.2) is 13.0 Å². The number of nitrogens with one attached hydrogen (secondary N) is 1. The zero-order valence-corrected chi connectivity index (χ0v) is 16.3. The molecule has 0 aromatic heterocycles. The Labute approximate surface area is 152 Å². The lowest BCUT2D eigenvalue weighted by Gasteiger charge is -2.11. The lowest BCUT2D eigenvalue weighted by Crippen LogP contribution is -2.12. The summed E-state index contributed by atoms with van der Waals surface area (Å²) in [6.07, 6.45) is 2.21. The molecule has 0 fully saturated rings. The molecule has 2 aromatic carbocycles. The number of halogens is 1. The highest BCUT2D eigenvalue weighted by molar-refractivity contribution is 9.10. The molecule has 0 aliphatic rings. The maximum Gasteiger partial charge on any atom is 0.224 e. The van der Waals surface area contributed by atoms with Crippen LogP contribution in [0.1, 0.15) is 35.1 Å². The standard InChI is InChI=1S/C20H24BrNO2/c1-13-11-18(21)19(12-14(13)2)22-20(23)7-5-6-16-8-9-17(24-4)10-15(16)3/h8-12H,5-7H2,1-4H3,(H,22,23). The summed E-state index contributed by atoms with van der Waals surface area (Å²) in [7, 11) is 1.67. The number of ether oxygens (including phenoxy) is 1. The van der Waals surface area contributed by atoms with Gasteiger partial charge in [-0.15, -0.1) is 0 Å². The number of hydrogen-bond acceptors (Lipinski definition) is 2. The second-order valence-electron chi connectivity index (χ2n) is 6.11. The minimum Gasteiger partial charge on any atom is -0.497 e. The minimum absolute atomic E-state index is 0.0464. The first-order chi connectivity index (χ1) is 11.4. The van der Waals surface area contributed by atoms with Crippen LogP contribution in [0.4, 0.5) is 5.69 Å². The predicted octanol–water partition coefficient (Wildman–Crippen LogP) is 5.34. The van der Waals surface area contributed by atoms with Gasteiger partial charge in [-0.25, -0.2) is 0 Å². The fourth-order valence-corrected chi connectivity index (χ4v) is 3.16. The third-order valence-electron chi connectivity index (χ3n) is 4.26. The van der Waals surface area contributed by atoms with Gasteiger partial charge in [-0.05, 0) is 96.1 Å². The van der Waals surface area contributed by atoms with Crippen LogP contribution in [0.2, 0.25) is 0 Å². The molecule has 2 aromatic rings. The number of carbonyl (C=O) groups excluding carboxylic acids is 1. The Balaban J connectivity index is 1.89. The van der Waals surface area contributed by atoms with Crippen molar-refractivity contribution in [1.29, 1.82) is 0 Å². The van der Waals surface area contributed by atoms with Crippen molar-refractivity contribution in [3.63, 3.8) is 0 Å². The number of benzene rings is 2. The summed E-state index contributed by atoms with van der Waals surface area (Å²) >= 11 is 3.51.